The molecule has 4 heterocycles. The molecule has 0 bridgehead atoms. The molecule has 11 aromatic rings. The summed E-state index contributed by atoms with van der Waals surface area (Å²) >= 11 is 0. The first-order chi connectivity index (χ1) is 24.8. The largest absolute Gasteiger partial charge is 0.308 e. The Kier molecular flexibility index (Phi) is 5.60. The van der Waals surface area contributed by atoms with Crippen molar-refractivity contribution >= 4 is 59.9 Å². The molecule has 0 spiro atoms. The highest BCUT2D eigenvalue weighted by molar-refractivity contribution is 6.26. The molecule has 11 rings (SSSR count). The van der Waals surface area contributed by atoms with E-state index in [1.807, 2.05) is 24.3 Å². The maximum atomic E-state index is 5.22. The molecule has 0 fully saturated rings. The van der Waals surface area contributed by atoms with Crippen molar-refractivity contribution in [2.75, 3.05) is 0 Å². The lowest BCUT2D eigenvalue weighted by Gasteiger charge is -2.11. The molecule has 5 heteroatoms. The van der Waals surface area contributed by atoms with E-state index in [1.165, 1.54) is 49.0 Å². The standard InChI is InChI=1S/C45H27N5/c1-3-12-28(13-4-1)29-22-24-31(25-23-29)44-46-43(30-14-5-2-6-15-30)47-45(48-44)50-39-21-10-8-17-33(39)36-26-37-35-19-11-18-34-32-16-7-9-20-38(32)49(42(34)35)40(37)27-41(36)50/h1-27H. The highest BCUT2D eigenvalue weighted by Crippen LogP contribution is 2.42. The van der Waals surface area contributed by atoms with Crippen LogP contribution in [0.2, 0.25) is 0 Å². The Balaban J connectivity index is 1.21. The Labute approximate surface area is 286 Å². The van der Waals surface area contributed by atoms with Crippen molar-refractivity contribution in [3.63, 3.8) is 0 Å². The van der Waals surface area contributed by atoms with Gasteiger partial charge in [-0.3, -0.25) is 4.57 Å². The van der Waals surface area contributed by atoms with Crippen LogP contribution in [0.3, 0.4) is 0 Å². The smallest absolute Gasteiger partial charge is 0.238 e. The van der Waals surface area contributed by atoms with Crippen LogP contribution >= 0.6 is 0 Å². The summed E-state index contributed by atoms with van der Waals surface area (Å²) in [6, 6.07) is 57.7. The Morgan fingerprint density at radius 3 is 1.54 bits per heavy atom. The molecule has 4 aromatic heterocycles. The first-order valence-electron chi connectivity index (χ1n) is 16.9. The van der Waals surface area contributed by atoms with Gasteiger partial charge in [0.2, 0.25) is 5.95 Å². The summed E-state index contributed by atoms with van der Waals surface area (Å²) in [6.07, 6.45) is 0. The molecule has 0 saturated carbocycles. The van der Waals surface area contributed by atoms with Gasteiger partial charge in [0.25, 0.3) is 0 Å². The normalized spacial score (nSPS) is 12.0. The van der Waals surface area contributed by atoms with Gasteiger partial charge in [0, 0.05) is 43.4 Å². The van der Waals surface area contributed by atoms with Crippen molar-refractivity contribution in [3.05, 3.63) is 164 Å². The summed E-state index contributed by atoms with van der Waals surface area (Å²) in [5.41, 5.74) is 9.95. The molecule has 0 aliphatic rings. The molecule has 0 aliphatic heterocycles. The first kappa shape index (κ1) is 27.1. The van der Waals surface area contributed by atoms with E-state index >= 15 is 0 Å². The van der Waals surface area contributed by atoms with Crippen LogP contribution in [0.1, 0.15) is 0 Å². The van der Waals surface area contributed by atoms with Crippen molar-refractivity contribution in [2.45, 2.75) is 0 Å². The number of rotatable bonds is 4. The van der Waals surface area contributed by atoms with Gasteiger partial charge < -0.3 is 4.40 Å². The van der Waals surface area contributed by atoms with E-state index in [-0.39, 0.29) is 0 Å². The fourth-order valence-electron chi connectivity index (χ4n) is 7.86. The van der Waals surface area contributed by atoms with Crippen LogP contribution in [-0.2, 0) is 0 Å². The molecule has 0 N–H and O–H groups in total. The maximum Gasteiger partial charge on any atom is 0.238 e. The molecular weight excluding hydrogens is 611 g/mol. The fourth-order valence-corrected chi connectivity index (χ4v) is 7.86. The van der Waals surface area contributed by atoms with E-state index in [1.54, 1.807) is 0 Å². The minimum absolute atomic E-state index is 0.588. The van der Waals surface area contributed by atoms with Crippen molar-refractivity contribution in [1.82, 2.24) is 23.9 Å². The van der Waals surface area contributed by atoms with Crippen molar-refractivity contribution in [2.24, 2.45) is 0 Å². The van der Waals surface area contributed by atoms with Gasteiger partial charge in [-0.15, -0.1) is 0 Å². The zero-order valence-electron chi connectivity index (χ0n) is 26.8. The average Bonchev–Trinajstić information content (AvgIpc) is 3.82. The second-order valence-corrected chi connectivity index (χ2v) is 12.9. The van der Waals surface area contributed by atoms with Gasteiger partial charge in [0.1, 0.15) is 0 Å². The number of benzene rings is 7. The SMILES string of the molecule is c1ccc(-c2ccc(-c3nc(-c4ccccc4)nc(-n4c5ccccc5c5cc6c7cccc8c9ccccc9n(c6cc54)c87)n3)cc2)cc1. The summed E-state index contributed by atoms with van der Waals surface area (Å²) < 4.78 is 4.64. The summed E-state index contributed by atoms with van der Waals surface area (Å²) in [5.74, 6) is 1.85. The van der Waals surface area contributed by atoms with Crippen LogP contribution < -0.4 is 0 Å². The highest BCUT2D eigenvalue weighted by atomic mass is 15.2. The summed E-state index contributed by atoms with van der Waals surface area (Å²) in [5, 5.41) is 7.38. The molecule has 232 valence electrons. The van der Waals surface area contributed by atoms with Crippen LogP contribution in [0.25, 0.3) is 99.8 Å². The minimum Gasteiger partial charge on any atom is -0.308 e. The van der Waals surface area contributed by atoms with E-state index in [9.17, 15) is 0 Å². The Bertz CT molecular complexity index is 3070. The third kappa shape index (κ3) is 3.86. The molecule has 0 radical (unpaired) electrons. The third-order valence-corrected chi connectivity index (χ3v) is 10.1. The van der Waals surface area contributed by atoms with Gasteiger partial charge in [-0.05, 0) is 35.4 Å². The number of hydrogen-bond acceptors (Lipinski definition) is 3. The second-order valence-electron chi connectivity index (χ2n) is 12.9. The Morgan fingerprint density at radius 1 is 0.320 bits per heavy atom. The van der Waals surface area contributed by atoms with Crippen molar-refractivity contribution in [3.8, 4) is 39.9 Å². The molecule has 5 nitrogen and oxygen atoms in total. The maximum absolute atomic E-state index is 5.22. The number of para-hydroxylation sites is 3. The van der Waals surface area contributed by atoms with Crippen LogP contribution in [0, 0.1) is 0 Å². The predicted molar refractivity (Wildman–Crippen MR) is 205 cm³/mol. The van der Waals surface area contributed by atoms with Gasteiger partial charge in [-0.25, -0.2) is 4.98 Å². The second kappa shape index (κ2) is 10.3. The summed E-state index contributed by atoms with van der Waals surface area (Å²) in [7, 11) is 0. The number of hydrogen-bond donors (Lipinski definition) is 0. The van der Waals surface area contributed by atoms with Gasteiger partial charge in [-0.2, -0.15) is 9.97 Å². The Hall–Kier alpha value is -6.85. The lowest BCUT2D eigenvalue weighted by atomic mass is 10.0. The molecule has 0 unspecified atom stereocenters. The zero-order valence-corrected chi connectivity index (χ0v) is 26.8. The van der Waals surface area contributed by atoms with Crippen LogP contribution in [0.5, 0.6) is 0 Å². The summed E-state index contributed by atoms with van der Waals surface area (Å²) in [6.45, 7) is 0. The van der Waals surface area contributed by atoms with Crippen LogP contribution in [0.15, 0.2) is 164 Å². The lowest BCUT2D eigenvalue weighted by molar-refractivity contribution is 0.953. The Morgan fingerprint density at radius 2 is 0.820 bits per heavy atom. The molecule has 0 aliphatic carbocycles. The van der Waals surface area contributed by atoms with Crippen LogP contribution in [0.4, 0.5) is 0 Å². The van der Waals surface area contributed by atoms with E-state index in [2.05, 4.69) is 148 Å². The van der Waals surface area contributed by atoms with Gasteiger partial charge >= 0.3 is 0 Å². The molecule has 50 heavy (non-hydrogen) atoms. The van der Waals surface area contributed by atoms with Gasteiger partial charge in [-0.1, -0.05) is 140 Å². The number of fused-ring (bicyclic) bond motifs is 9. The lowest BCUT2D eigenvalue weighted by Crippen LogP contribution is -2.06. The first-order valence-corrected chi connectivity index (χ1v) is 16.9. The number of aromatic nitrogens is 5. The molecule has 0 atom stereocenters. The highest BCUT2D eigenvalue weighted by Gasteiger charge is 2.22. The molecular formula is C45H27N5. The van der Waals surface area contributed by atoms with Crippen molar-refractivity contribution < 1.29 is 0 Å². The monoisotopic (exact) mass is 637 g/mol. The fraction of sp³-hybridized carbons (Fsp3) is 0. The molecule has 0 saturated heterocycles. The van der Waals surface area contributed by atoms with E-state index in [0.29, 0.717) is 17.6 Å². The zero-order chi connectivity index (χ0) is 32.8. The predicted octanol–water partition coefficient (Wildman–Crippen LogP) is 11.1. The topological polar surface area (TPSA) is 48.0 Å². The molecule has 0 amide bonds. The van der Waals surface area contributed by atoms with Crippen LogP contribution in [-0.4, -0.2) is 23.9 Å². The minimum atomic E-state index is 0.588. The van der Waals surface area contributed by atoms with Gasteiger partial charge in [0.15, 0.2) is 11.6 Å². The average molecular weight is 638 g/mol. The van der Waals surface area contributed by atoms with Crippen molar-refractivity contribution in [1.29, 1.82) is 0 Å². The number of nitrogens with zero attached hydrogens (tertiary/aromatic N) is 5. The van der Waals surface area contributed by atoms with E-state index < -0.39 is 0 Å². The van der Waals surface area contributed by atoms with Gasteiger partial charge in [0.05, 0.1) is 27.6 Å². The quantitative estimate of drug-likeness (QED) is 0.193. The van der Waals surface area contributed by atoms with E-state index in [4.69, 9.17) is 15.0 Å². The van der Waals surface area contributed by atoms with E-state index in [0.717, 1.165) is 33.1 Å². The molecule has 7 aromatic carbocycles. The summed E-state index contributed by atoms with van der Waals surface area (Å²) in [4.78, 5) is 15.4. The third-order valence-electron chi connectivity index (χ3n) is 10.1.